The van der Waals surface area contributed by atoms with E-state index in [1.807, 2.05) is 0 Å². The first-order valence-electron chi connectivity index (χ1n) is 3.49. The van der Waals surface area contributed by atoms with Gasteiger partial charge in [0.25, 0.3) is 5.24 Å². The third-order valence-corrected chi connectivity index (χ3v) is 3.44. The SMILES string of the molecule is O=C(Cl)c1ccc2c(c1)O[P+](Cl)(Cl)O2. The maximum atomic E-state index is 10.8. The number of hydrogen-bond donors (Lipinski definition) is 0. The normalized spacial score (nSPS) is 16.8. The monoisotopic (exact) mass is 271 g/mol. The first-order chi connectivity index (χ1) is 6.48. The molecule has 0 saturated heterocycles. The number of benzene rings is 1. The van der Waals surface area contributed by atoms with Crippen LogP contribution in [-0.4, -0.2) is 5.24 Å². The molecule has 14 heavy (non-hydrogen) atoms. The Hall–Kier alpha value is -0.210. The summed E-state index contributed by atoms with van der Waals surface area (Å²) in [6, 6.07) is 4.49. The van der Waals surface area contributed by atoms with E-state index in [2.05, 4.69) is 0 Å². The third kappa shape index (κ3) is 1.91. The molecule has 2 rings (SSSR count). The zero-order valence-electron chi connectivity index (χ0n) is 6.54. The van der Waals surface area contributed by atoms with Crippen molar-refractivity contribution in [1.82, 2.24) is 0 Å². The van der Waals surface area contributed by atoms with Gasteiger partial charge in [-0.2, -0.15) is 0 Å². The van der Waals surface area contributed by atoms with Crippen LogP contribution in [0.2, 0.25) is 0 Å². The van der Waals surface area contributed by atoms with Gasteiger partial charge in [-0.1, -0.05) is 0 Å². The summed E-state index contributed by atoms with van der Waals surface area (Å²) in [7, 11) is 0. The van der Waals surface area contributed by atoms with Gasteiger partial charge >= 0.3 is 6.42 Å². The first kappa shape index (κ1) is 10.3. The minimum atomic E-state index is -2.84. The predicted molar refractivity (Wildman–Crippen MR) is 56.5 cm³/mol. The fraction of sp³-hybridized carbons (Fsp3) is 0. The summed E-state index contributed by atoms with van der Waals surface area (Å²) >= 11 is 16.6. The van der Waals surface area contributed by atoms with Gasteiger partial charge in [0.05, 0.1) is 0 Å². The molecule has 74 valence electrons. The lowest BCUT2D eigenvalue weighted by Gasteiger charge is -1.94. The minimum Gasteiger partial charge on any atom is -0.276 e. The molecule has 0 radical (unpaired) electrons. The number of carbonyl (C=O) groups excluding carboxylic acids is 1. The highest BCUT2D eigenvalue weighted by molar-refractivity contribution is 8.11. The molecule has 0 bridgehead atoms. The molecular formula is C7H3Cl3O3P+. The van der Waals surface area contributed by atoms with E-state index in [0.717, 1.165) is 0 Å². The van der Waals surface area contributed by atoms with E-state index >= 15 is 0 Å². The minimum absolute atomic E-state index is 0.309. The lowest BCUT2D eigenvalue weighted by Crippen LogP contribution is -1.87. The smallest absolute Gasteiger partial charge is 0.276 e. The van der Waals surface area contributed by atoms with Gasteiger partial charge in [-0.05, 0) is 23.7 Å². The molecule has 0 spiro atoms. The largest absolute Gasteiger partial charge is 0.563 e. The van der Waals surface area contributed by atoms with Gasteiger partial charge < -0.3 is 0 Å². The van der Waals surface area contributed by atoms with E-state index in [1.165, 1.54) is 18.2 Å². The van der Waals surface area contributed by atoms with E-state index in [0.29, 0.717) is 17.1 Å². The second-order valence-electron chi connectivity index (χ2n) is 2.53. The highest BCUT2D eigenvalue weighted by Gasteiger charge is 2.50. The maximum Gasteiger partial charge on any atom is 0.563 e. The van der Waals surface area contributed by atoms with Gasteiger partial charge in [0.15, 0.2) is 22.5 Å². The molecule has 0 aromatic heterocycles. The zero-order valence-corrected chi connectivity index (χ0v) is 9.70. The summed E-state index contributed by atoms with van der Waals surface area (Å²) in [6.07, 6.45) is -2.84. The van der Waals surface area contributed by atoms with Crippen LogP contribution in [0.25, 0.3) is 0 Å². The van der Waals surface area contributed by atoms with Crippen LogP contribution in [0.4, 0.5) is 0 Å². The van der Waals surface area contributed by atoms with Gasteiger partial charge in [0, 0.05) is 11.6 Å². The van der Waals surface area contributed by atoms with Crippen molar-refractivity contribution in [3.8, 4) is 11.5 Å². The van der Waals surface area contributed by atoms with Crippen molar-refractivity contribution in [3.05, 3.63) is 23.8 Å². The Morgan fingerprint density at radius 3 is 2.50 bits per heavy atom. The van der Waals surface area contributed by atoms with Crippen LogP contribution >= 0.6 is 40.5 Å². The van der Waals surface area contributed by atoms with Crippen molar-refractivity contribution < 1.29 is 13.8 Å². The molecule has 0 aliphatic carbocycles. The summed E-state index contributed by atoms with van der Waals surface area (Å²) in [5.74, 6) is 0.764. The standard InChI is InChI=1S/C7H3Cl3O3P/c8-7(11)4-1-2-5-6(3-4)13-14(9,10)12-5/h1-3H/q+1. The van der Waals surface area contributed by atoms with Gasteiger partial charge in [-0.15, -0.1) is 0 Å². The Morgan fingerprint density at radius 1 is 1.21 bits per heavy atom. The average molecular weight is 272 g/mol. The number of halogens is 3. The van der Waals surface area contributed by atoms with Crippen LogP contribution in [0.1, 0.15) is 10.4 Å². The quantitative estimate of drug-likeness (QED) is 0.573. The number of carbonyl (C=O) groups is 1. The van der Waals surface area contributed by atoms with Crippen molar-refractivity contribution in [2.75, 3.05) is 0 Å². The molecule has 0 fully saturated rings. The molecule has 0 atom stereocenters. The zero-order chi connectivity index (χ0) is 10.3. The van der Waals surface area contributed by atoms with Crippen LogP contribution in [-0.2, 0) is 0 Å². The van der Waals surface area contributed by atoms with Crippen LogP contribution < -0.4 is 9.05 Å². The molecule has 0 saturated carbocycles. The van der Waals surface area contributed by atoms with Crippen molar-refractivity contribution in [2.24, 2.45) is 0 Å². The molecule has 1 aromatic rings. The summed E-state index contributed by atoms with van der Waals surface area (Å²) in [5, 5.41) is -0.573. The number of hydrogen-bond acceptors (Lipinski definition) is 3. The van der Waals surface area contributed by atoms with E-state index in [-0.39, 0.29) is 0 Å². The summed E-state index contributed by atoms with van der Waals surface area (Å²) in [6.45, 7) is 0. The highest BCUT2D eigenvalue weighted by atomic mass is 35.9. The number of rotatable bonds is 1. The maximum absolute atomic E-state index is 10.8. The summed E-state index contributed by atoms with van der Waals surface area (Å²) in [4.78, 5) is 10.8. The highest BCUT2D eigenvalue weighted by Crippen LogP contribution is 2.74. The van der Waals surface area contributed by atoms with Gasteiger partial charge in [-0.3, -0.25) is 13.8 Å². The fourth-order valence-electron chi connectivity index (χ4n) is 1.02. The van der Waals surface area contributed by atoms with Crippen molar-refractivity contribution >= 4 is 45.7 Å². The molecule has 0 amide bonds. The Labute approximate surface area is 94.9 Å². The second kappa shape index (κ2) is 3.42. The Morgan fingerprint density at radius 2 is 1.86 bits per heavy atom. The molecule has 1 aromatic carbocycles. The molecular weight excluding hydrogens is 269 g/mol. The Kier molecular flexibility index (Phi) is 2.52. The Balaban J connectivity index is 2.40. The van der Waals surface area contributed by atoms with Crippen LogP contribution in [0.15, 0.2) is 18.2 Å². The molecule has 0 unspecified atom stereocenters. The molecule has 1 heterocycles. The molecule has 7 heteroatoms. The summed E-state index contributed by atoms with van der Waals surface area (Å²) in [5.41, 5.74) is 0.309. The lowest BCUT2D eigenvalue weighted by atomic mass is 10.2. The van der Waals surface area contributed by atoms with Gasteiger partial charge in [0.2, 0.25) is 11.5 Å². The molecule has 3 nitrogen and oxygen atoms in total. The molecule has 1 aliphatic rings. The van der Waals surface area contributed by atoms with Crippen molar-refractivity contribution in [3.63, 3.8) is 0 Å². The average Bonchev–Trinajstić information content (AvgIpc) is 2.36. The van der Waals surface area contributed by atoms with Crippen LogP contribution in [0.5, 0.6) is 11.5 Å². The van der Waals surface area contributed by atoms with Crippen molar-refractivity contribution in [2.45, 2.75) is 0 Å². The van der Waals surface area contributed by atoms with Gasteiger partial charge in [0.1, 0.15) is 0 Å². The van der Waals surface area contributed by atoms with Gasteiger partial charge in [-0.25, -0.2) is 0 Å². The van der Waals surface area contributed by atoms with Crippen molar-refractivity contribution in [1.29, 1.82) is 0 Å². The third-order valence-electron chi connectivity index (χ3n) is 1.58. The molecule has 1 aliphatic heterocycles. The number of fused-ring (bicyclic) bond motifs is 1. The van der Waals surface area contributed by atoms with E-state index in [1.54, 1.807) is 0 Å². The Bertz CT molecular complexity index is 407. The first-order valence-corrected chi connectivity index (χ1v) is 7.31. The predicted octanol–water partition coefficient (Wildman–Crippen LogP) is 3.99. The molecule has 0 N–H and O–H groups in total. The summed E-state index contributed by atoms with van der Waals surface area (Å²) < 4.78 is 10.2. The second-order valence-corrected chi connectivity index (χ2v) is 7.26. The van der Waals surface area contributed by atoms with Crippen LogP contribution in [0.3, 0.4) is 0 Å². The van der Waals surface area contributed by atoms with Crippen LogP contribution in [0, 0.1) is 0 Å². The fourth-order valence-corrected chi connectivity index (χ4v) is 2.82. The topological polar surface area (TPSA) is 35.5 Å². The van der Waals surface area contributed by atoms with E-state index in [9.17, 15) is 4.79 Å². The van der Waals surface area contributed by atoms with E-state index in [4.69, 9.17) is 43.1 Å². The lowest BCUT2D eigenvalue weighted by molar-refractivity contribution is 0.108. The van der Waals surface area contributed by atoms with E-state index < -0.39 is 11.7 Å².